The average Bonchev–Trinajstić information content (AvgIpc) is 2.74. The summed E-state index contributed by atoms with van der Waals surface area (Å²) in [5.41, 5.74) is 2.81. The molecule has 0 bridgehead atoms. The molecule has 0 radical (unpaired) electrons. The van der Waals surface area contributed by atoms with Crippen molar-refractivity contribution in [2.75, 3.05) is 37.5 Å². The van der Waals surface area contributed by atoms with E-state index in [4.69, 9.17) is 21.7 Å². The fourth-order valence-corrected chi connectivity index (χ4v) is 3.55. The number of hydrogen-bond donors (Lipinski definition) is 2. The van der Waals surface area contributed by atoms with Crippen molar-refractivity contribution in [3.63, 3.8) is 0 Å². The average molecular weight is 414 g/mol. The van der Waals surface area contributed by atoms with Gasteiger partial charge in [0.2, 0.25) is 5.91 Å². The summed E-state index contributed by atoms with van der Waals surface area (Å²) in [6.07, 6.45) is 3.36. The van der Waals surface area contributed by atoms with Crippen molar-refractivity contribution < 1.29 is 14.3 Å². The number of nitrogens with zero attached hydrogens (tertiary/aromatic N) is 1. The predicted octanol–water partition coefficient (Wildman–Crippen LogP) is 3.75. The molecule has 1 aliphatic rings. The summed E-state index contributed by atoms with van der Waals surface area (Å²) < 4.78 is 10.6. The molecule has 0 spiro atoms. The van der Waals surface area contributed by atoms with Crippen molar-refractivity contribution >= 4 is 34.6 Å². The Kier molecular flexibility index (Phi) is 7.30. The molecule has 1 amide bonds. The van der Waals surface area contributed by atoms with Crippen LogP contribution < -0.4 is 25.0 Å². The van der Waals surface area contributed by atoms with Crippen molar-refractivity contribution in [1.82, 2.24) is 5.32 Å². The lowest BCUT2D eigenvalue weighted by Gasteiger charge is -2.28. The molecule has 29 heavy (non-hydrogen) atoms. The third kappa shape index (κ3) is 5.60. The summed E-state index contributed by atoms with van der Waals surface area (Å²) in [5.74, 6) is 1.66. The first kappa shape index (κ1) is 20.9. The Morgan fingerprint density at radius 1 is 1.10 bits per heavy atom. The Labute approximate surface area is 177 Å². The quantitative estimate of drug-likeness (QED) is 0.674. The van der Waals surface area contributed by atoms with Crippen molar-refractivity contribution in [1.29, 1.82) is 0 Å². The van der Waals surface area contributed by atoms with Gasteiger partial charge in [-0.3, -0.25) is 4.79 Å². The first-order valence-electron chi connectivity index (χ1n) is 9.77. The van der Waals surface area contributed by atoms with E-state index < -0.39 is 0 Å². The third-order valence-corrected chi connectivity index (χ3v) is 5.16. The van der Waals surface area contributed by atoms with Crippen LogP contribution in [0.25, 0.3) is 0 Å². The number of carbonyl (C=O) groups is 1. The van der Waals surface area contributed by atoms with Crippen molar-refractivity contribution in [2.45, 2.75) is 25.7 Å². The molecule has 2 aromatic carbocycles. The Bertz CT molecular complexity index is 855. The highest BCUT2D eigenvalue weighted by molar-refractivity contribution is 7.80. The topological polar surface area (TPSA) is 62.8 Å². The normalized spacial score (nSPS) is 13.7. The van der Waals surface area contributed by atoms with Crippen molar-refractivity contribution in [3.05, 3.63) is 48.0 Å². The van der Waals surface area contributed by atoms with Crippen molar-refractivity contribution in [2.24, 2.45) is 0 Å². The maximum atomic E-state index is 12.3. The summed E-state index contributed by atoms with van der Waals surface area (Å²) in [6, 6.07) is 13.7. The van der Waals surface area contributed by atoms with E-state index in [1.807, 2.05) is 42.5 Å². The van der Waals surface area contributed by atoms with Crippen LogP contribution in [0.15, 0.2) is 42.5 Å². The van der Waals surface area contributed by atoms with E-state index in [0.29, 0.717) is 30.4 Å². The number of hydrogen-bond acceptors (Lipinski definition) is 4. The zero-order valence-corrected chi connectivity index (χ0v) is 17.7. The molecule has 0 aromatic heterocycles. The van der Waals surface area contributed by atoms with E-state index in [0.717, 1.165) is 36.4 Å². The minimum atomic E-state index is 0.131. The van der Waals surface area contributed by atoms with Gasteiger partial charge in [0.25, 0.3) is 0 Å². The number of carbonyl (C=O) groups excluding carboxylic acids is 1. The number of amides is 1. The lowest BCUT2D eigenvalue weighted by molar-refractivity contribution is -0.119. The fourth-order valence-electron chi connectivity index (χ4n) is 3.33. The molecule has 1 saturated heterocycles. The molecule has 0 saturated carbocycles. The first-order chi connectivity index (χ1) is 14.1. The van der Waals surface area contributed by atoms with Crippen LogP contribution >= 0.6 is 12.2 Å². The zero-order valence-electron chi connectivity index (χ0n) is 16.9. The van der Waals surface area contributed by atoms with Gasteiger partial charge in [0.1, 0.15) is 11.5 Å². The van der Waals surface area contributed by atoms with Crippen LogP contribution in [0.2, 0.25) is 0 Å². The maximum absolute atomic E-state index is 12.3. The number of methoxy groups -OCH3 is 2. The molecule has 1 fully saturated rings. The van der Waals surface area contributed by atoms with Gasteiger partial charge >= 0.3 is 0 Å². The van der Waals surface area contributed by atoms with E-state index in [-0.39, 0.29) is 5.91 Å². The van der Waals surface area contributed by atoms with Gasteiger partial charge in [-0.05, 0) is 67.4 Å². The van der Waals surface area contributed by atoms with E-state index in [2.05, 4.69) is 10.6 Å². The highest BCUT2D eigenvalue weighted by Crippen LogP contribution is 2.33. The highest BCUT2D eigenvalue weighted by Gasteiger charge is 2.22. The van der Waals surface area contributed by atoms with Crippen LogP contribution in [0.5, 0.6) is 11.5 Å². The SMILES string of the molecule is COc1ccc(CCNC(=S)Nc2ccc(OC)c(N3CCCCC3=O)c2)cc1. The van der Waals surface area contributed by atoms with E-state index >= 15 is 0 Å². The molecular weight excluding hydrogens is 386 g/mol. The molecule has 0 atom stereocenters. The summed E-state index contributed by atoms with van der Waals surface area (Å²) in [5, 5.41) is 6.96. The molecule has 6 nitrogen and oxygen atoms in total. The lowest BCUT2D eigenvalue weighted by Crippen LogP contribution is -2.35. The zero-order chi connectivity index (χ0) is 20.6. The number of nitrogens with one attached hydrogen (secondary N) is 2. The fraction of sp³-hybridized carbons (Fsp3) is 0.364. The Morgan fingerprint density at radius 2 is 1.90 bits per heavy atom. The second-order valence-electron chi connectivity index (χ2n) is 6.87. The number of benzene rings is 2. The van der Waals surface area contributed by atoms with Crippen LogP contribution in [-0.2, 0) is 11.2 Å². The maximum Gasteiger partial charge on any atom is 0.227 e. The third-order valence-electron chi connectivity index (χ3n) is 4.91. The number of thiocarbonyl (C=S) groups is 1. The predicted molar refractivity (Wildman–Crippen MR) is 120 cm³/mol. The second-order valence-corrected chi connectivity index (χ2v) is 7.28. The Balaban J connectivity index is 1.58. The van der Waals surface area contributed by atoms with Gasteiger partial charge in [-0.1, -0.05) is 12.1 Å². The van der Waals surface area contributed by atoms with Crippen molar-refractivity contribution in [3.8, 4) is 11.5 Å². The minimum absolute atomic E-state index is 0.131. The van der Waals surface area contributed by atoms with E-state index in [1.165, 1.54) is 5.56 Å². The van der Waals surface area contributed by atoms with Gasteiger partial charge in [-0.15, -0.1) is 0 Å². The molecule has 2 aromatic rings. The van der Waals surface area contributed by atoms with Gasteiger partial charge in [0.05, 0.1) is 19.9 Å². The summed E-state index contributed by atoms with van der Waals surface area (Å²) in [4.78, 5) is 14.1. The van der Waals surface area contributed by atoms with Gasteiger partial charge in [-0.2, -0.15) is 0 Å². The first-order valence-corrected chi connectivity index (χ1v) is 10.2. The molecule has 3 rings (SSSR count). The Morgan fingerprint density at radius 3 is 2.59 bits per heavy atom. The number of rotatable bonds is 7. The van der Waals surface area contributed by atoms with Crippen LogP contribution in [0, 0.1) is 0 Å². The molecular formula is C22H27N3O3S. The monoisotopic (exact) mass is 413 g/mol. The molecule has 2 N–H and O–H groups in total. The van der Waals surface area contributed by atoms with Gasteiger partial charge in [-0.25, -0.2) is 0 Å². The molecule has 7 heteroatoms. The largest absolute Gasteiger partial charge is 0.497 e. The summed E-state index contributed by atoms with van der Waals surface area (Å²) in [7, 11) is 3.28. The van der Waals surface area contributed by atoms with Crippen LogP contribution in [0.1, 0.15) is 24.8 Å². The Hall–Kier alpha value is -2.80. The molecule has 0 aliphatic carbocycles. The lowest BCUT2D eigenvalue weighted by atomic mass is 10.1. The van der Waals surface area contributed by atoms with Crippen LogP contribution in [0.4, 0.5) is 11.4 Å². The van der Waals surface area contributed by atoms with Crippen LogP contribution in [-0.4, -0.2) is 38.3 Å². The molecule has 154 valence electrons. The van der Waals surface area contributed by atoms with Gasteiger partial charge in [0, 0.05) is 25.2 Å². The highest BCUT2D eigenvalue weighted by atomic mass is 32.1. The van der Waals surface area contributed by atoms with E-state index in [1.54, 1.807) is 19.1 Å². The standard InChI is InChI=1S/C22H27N3O3S/c1-27-18-9-6-16(7-10-18)12-13-23-22(29)24-17-8-11-20(28-2)19(15-17)25-14-4-3-5-21(25)26/h6-11,15H,3-5,12-14H2,1-2H3,(H2,23,24,29). The number of piperidine rings is 1. The summed E-state index contributed by atoms with van der Waals surface area (Å²) >= 11 is 5.42. The number of anilines is 2. The van der Waals surface area contributed by atoms with Gasteiger partial charge in [0.15, 0.2) is 5.11 Å². The minimum Gasteiger partial charge on any atom is -0.497 e. The number of ether oxygens (including phenoxy) is 2. The van der Waals surface area contributed by atoms with E-state index in [9.17, 15) is 4.79 Å². The molecule has 0 unspecified atom stereocenters. The van der Waals surface area contributed by atoms with Crippen LogP contribution in [0.3, 0.4) is 0 Å². The smallest absolute Gasteiger partial charge is 0.227 e. The second kappa shape index (κ2) is 10.1. The molecule has 1 aliphatic heterocycles. The van der Waals surface area contributed by atoms with Gasteiger partial charge < -0.3 is 25.0 Å². The molecule has 1 heterocycles. The summed E-state index contributed by atoms with van der Waals surface area (Å²) in [6.45, 7) is 1.43.